The largest absolute Gasteiger partial charge is 0.355 e. The third-order valence-electron chi connectivity index (χ3n) is 4.17. The predicted octanol–water partition coefficient (Wildman–Crippen LogP) is 1.27. The third kappa shape index (κ3) is 3.92. The van der Waals surface area contributed by atoms with E-state index in [0.29, 0.717) is 6.61 Å². The summed E-state index contributed by atoms with van der Waals surface area (Å²) >= 11 is 0. The molecule has 0 radical (unpaired) electrons. The minimum absolute atomic E-state index is 0.0171. The zero-order chi connectivity index (χ0) is 15.2. The number of nitrogens with one attached hydrogen (secondary N) is 1. The van der Waals surface area contributed by atoms with Gasteiger partial charge in [-0.1, -0.05) is 0 Å². The number of hydrogen-bond acceptors (Lipinski definition) is 6. The SMILES string of the molecule is O=C(NO[C@H]1CCCCO1)C1CCN(c2cnccn2)CC1. The molecule has 1 amide bonds. The van der Waals surface area contributed by atoms with Gasteiger partial charge in [-0.15, -0.1) is 0 Å². The zero-order valence-corrected chi connectivity index (χ0v) is 12.6. The summed E-state index contributed by atoms with van der Waals surface area (Å²) < 4.78 is 5.43. The molecule has 22 heavy (non-hydrogen) atoms. The molecule has 0 saturated carbocycles. The number of carbonyl (C=O) groups is 1. The second-order valence-corrected chi connectivity index (χ2v) is 5.71. The van der Waals surface area contributed by atoms with Crippen LogP contribution in [0.3, 0.4) is 0 Å². The van der Waals surface area contributed by atoms with Crippen molar-refractivity contribution >= 4 is 11.7 Å². The predicted molar refractivity (Wildman–Crippen MR) is 79.8 cm³/mol. The van der Waals surface area contributed by atoms with E-state index in [4.69, 9.17) is 9.57 Å². The van der Waals surface area contributed by atoms with Crippen LogP contribution in [0.4, 0.5) is 5.82 Å². The van der Waals surface area contributed by atoms with Crippen LogP contribution in [0.1, 0.15) is 32.1 Å². The van der Waals surface area contributed by atoms with Gasteiger partial charge in [0.25, 0.3) is 0 Å². The van der Waals surface area contributed by atoms with Crippen LogP contribution in [-0.4, -0.2) is 41.9 Å². The lowest BCUT2D eigenvalue weighted by molar-refractivity contribution is -0.202. The van der Waals surface area contributed by atoms with Crippen LogP contribution < -0.4 is 10.4 Å². The fraction of sp³-hybridized carbons (Fsp3) is 0.667. The van der Waals surface area contributed by atoms with Gasteiger partial charge in [-0.05, 0) is 25.7 Å². The van der Waals surface area contributed by atoms with E-state index in [9.17, 15) is 4.79 Å². The summed E-state index contributed by atoms with van der Waals surface area (Å²) in [5.74, 6) is 0.803. The van der Waals surface area contributed by atoms with Crippen molar-refractivity contribution in [2.45, 2.75) is 38.4 Å². The molecule has 3 heterocycles. The Hall–Kier alpha value is -1.73. The van der Waals surface area contributed by atoms with Crippen molar-refractivity contribution < 1.29 is 14.4 Å². The van der Waals surface area contributed by atoms with Gasteiger partial charge in [-0.25, -0.2) is 15.3 Å². The van der Waals surface area contributed by atoms with Crippen molar-refractivity contribution in [3.05, 3.63) is 18.6 Å². The van der Waals surface area contributed by atoms with E-state index in [-0.39, 0.29) is 18.1 Å². The number of hydroxylamine groups is 1. The molecule has 2 aliphatic heterocycles. The van der Waals surface area contributed by atoms with Crippen molar-refractivity contribution in [3.63, 3.8) is 0 Å². The van der Waals surface area contributed by atoms with Crippen molar-refractivity contribution in [1.29, 1.82) is 0 Å². The highest BCUT2D eigenvalue weighted by Gasteiger charge is 2.26. The summed E-state index contributed by atoms with van der Waals surface area (Å²) in [6.07, 6.45) is 9.37. The maximum absolute atomic E-state index is 12.1. The van der Waals surface area contributed by atoms with E-state index in [2.05, 4.69) is 20.3 Å². The molecule has 1 N–H and O–H groups in total. The number of aromatic nitrogens is 2. The van der Waals surface area contributed by atoms with Crippen molar-refractivity contribution in [3.8, 4) is 0 Å². The Bertz CT molecular complexity index is 471. The Morgan fingerprint density at radius 2 is 2.14 bits per heavy atom. The monoisotopic (exact) mass is 306 g/mol. The molecule has 0 spiro atoms. The maximum Gasteiger partial charge on any atom is 0.246 e. The highest BCUT2D eigenvalue weighted by atomic mass is 16.8. The first kappa shape index (κ1) is 15.2. The van der Waals surface area contributed by atoms with Gasteiger partial charge in [0.05, 0.1) is 6.20 Å². The quantitative estimate of drug-likeness (QED) is 0.844. The summed E-state index contributed by atoms with van der Waals surface area (Å²) in [5.41, 5.74) is 2.57. The Morgan fingerprint density at radius 3 is 2.82 bits per heavy atom. The van der Waals surface area contributed by atoms with Crippen LogP contribution in [-0.2, 0) is 14.4 Å². The molecule has 0 aromatic carbocycles. The van der Waals surface area contributed by atoms with E-state index in [0.717, 1.165) is 51.0 Å². The van der Waals surface area contributed by atoms with Gasteiger partial charge >= 0.3 is 0 Å². The molecule has 2 fully saturated rings. The lowest BCUT2D eigenvalue weighted by Gasteiger charge is -2.32. The molecule has 2 aliphatic rings. The molecule has 2 saturated heterocycles. The van der Waals surface area contributed by atoms with Gasteiger partial charge in [0.15, 0.2) is 6.29 Å². The van der Waals surface area contributed by atoms with E-state index in [1.54, 1.807) is 18.6 Å². The number of rotatable bonds is 4. The van der Waals surface area contributed by atoms with Crippen LogP contribution in [0, 0.1) is 5.92 Å². The Kier molecular flexibility index (Phi) is 5.18. The van der Waals surface area contributed by atoms with Crippen molar-refractivity contribution in [2.24, 2.45) is 5.92 Å². The number of nitrogens with zero attached hydrogens (tertiary/aromatic N) is 3. The van der Waals surface area contributed by atoms with E-state index >= 15 is 0 Å². The van der Waals surface area contributed by atoms with Crippen molar-refractivity contribution in [2.75, 3.05) is 24.6 Å². The van der Waals surface area contributed by atoms with Gasteiger partial charge in [0, 0.05) is 44.4 Å². The molecule has 120 valence electrons. The Balaban J connectivity index is 1.41. The second-order valence-electron chi connectivity index (χ2n) is 5.71. The topological polar surface area (TPSA) is 76.6 Å². The lowest BCUT2D eigenvalue weighted by Crippen LogP contribution is -2.42. The van der Waals surface area contributed by atoms with E-state index in [1.807, 2.05) is 0 Å². The van der Waals surface area contributed by atoms with Crippen LogP contribution in [0.5, 0.6) is 0 Å². The van der Waals surface area contributed by atoms with Gasteiger partial charge in [0.1, 0.15) is 5.82 Å². The molecule has 3 rings (SSSR count). The highest BCUT2D eigenvalue weighted by molar-refractivity contribution is 5.77. The molecule has 0 bridgehead atoms. The second kappa shape index (κ2) is 7.51. The number of carbonyl (C=O) groups excluding carboxylic acids is 1. The summed E-state index contributed by atoms with van der Waals surface area (Å²) in [7, 11) is 0. The van der Waals surface area contributed by atoms with Gasteiger partial charge in [0.2, 0.25) is 5.91 Å². The average molecular weight is 306 g/mol. The first-order valence-electron chi connectivity index (χ1n) is 7.91. The number of amides is 1. The molecular weight excluding hydrogens is 284 g/mol. The fourth-order valence-electron chi connectivity index (χ4n) is 2.84. The zero-order valence-electron chi connectivity index (χ0n) is 12.6. The highest BCUT2D eigenvalue weighted by Crippen LogP contribution is 2.21. The maximum atomic E-state index is 12.1. The molecule has 7 nitrogen and oxygen atoms in total. The summed E-state index contributed by atoms with van der Waals surface area (Å²) in [6, 6.07) is 0. The van der Waals surface area contributed by atoms with Crippen LogP contribution in [0.2, 0.25) is 0 Å². The van der Waals surface area contributed by atoms with E-state index in [1.165, 1.54) is 0 Å². The Morgan fingerprint density at radius 1 is 1.27 bits per heavy atom. The summed E-state index contributed by atoms with van der Waals surface area (Å²) in [5, 5.41) is 0. The van der Waals surface area contributed by atoms with Gasteiger partial charge in [-0.3, -0.25) is 9.78 Å². The van der Waals surface area contributed by atoms with Crippen LogP contribution in [0.25, 0.3) is 0 Å². The smallest absolute Gasteiger partial charge is 0.246 e. The van der Waals surface area contributed by atoms with Crippen LogP contribution in [0.15, 0.2) is 18.6 Å². The number of piperidine rings is 1. The first-order chi connectivity index (χ1) is 10.8. The van der Waals surface area contributed by atoms with Gasteiger partial charge in [-0.2, -0.15) is 0 Å². The molecule has 1 aromatic rings. The number of ether oxygens (including phenoxy) is 1. The van der Waals surface area contributed by atoms with Crippen molar-refractivity contribution in [1.82, 2.24) is 15.4 Å². The lowest BCUT2D eigenvalue weighted by atomic mass is 9.96. The number of anilines is 1. The Labute approximate surface area is 130 Å². The number of hydrogen-bond donors (Lipinski definition) is 1. The molecule has 1 atom stereocenters. The minimum Gasteiger partial charge on any atom is -0.355 e. The minimum atomic E-state index is -0.294. The first-order valence-corrected chi connectivity index (χ1v) is 7.91. The summed E-state index contributed by atoms with van der Waals surface area (Å²) in [6.45, 7) is 2.31. The molecular formula is C15H22N4O3. The summed E-state index contributed by atoms with van der Waals surface area (Å²) in [4.78, 5) is 28.0. The molecule has 0 aliphatic carbocycles. The molecule has 0 unspecified atom stereocenters. The van der Waals surface area contributed by atoms with Crippen LogP contribution >= 0.6 is 0 Å². The van der Waals surface area contributed by atoms with Gasteiger partial charge < -0.3 is 9.64 Å². The van der Waals surface area contributed by atoms with E-state index < -0.39 is 0 Å². The molecule has 7 heteroatoms. The average Bonchev–Trinajstić information content (AvgIpc) is 2.61. The standard InChI is InChI=1S/C15H22N4O3/c20-15(18-22-14-3-1-2-10-21-14)12-4-8-19(9-5-12)13-11-16-6-7-17-13/h6-7,11-12,14H,1-5,8-10H2,(H,18,20)/t14-/m0/s1. The molecule has 1 aromatic heterocycles. The third-order valence-corrected chi connectivity index (χ3v) is 4.17. The fourth-order valence-corrected chi connectivity index (χ4v) is 2.84. The normalized spacial score (nSPS) is 23.3.